The van der Waals surface area contributed by atoms with Gasteiger partial charge in [0.25, 0.3) is 15.2 Å². The number of phenols is 1. The minimum absolute atomic E-state index is 0.0780. The molecule has 0 saturated carbocycles. The SMILES string of the molecule is O=S(=O)(Nc1ccccc1O)c1ccc(COC(=S)NCc2ccccc2)cc1. The number of thiocarbonyl (C=S) groups is 1. The average Bonchev–Trinajstić information content (AvgIpc) is 2.73. The van der Waals surface area contributed by atoms with Gasteiger partial charge in [-0.3, -0.25) is 4.72 Å². The number of ether oxygens (including phenoxy) is 1. The third kappa shape index (κ3) is 5.94. The summed E-state index contributed by atoms with van der Waals surface area (Å²) in [6, 6.07) is 22.2. The number of phenolic OH excluding ortho intramolecular Hbond substituents is 1. The van der Waals surface area contributed by atoms with Crippen LogP contribution in [0.15, 0.2) is 83.8 Å². The predicted octanol–water partition coefficient (Wildman–Crippen LogP) is 3.78. The Balaban J connectivity index is 1.54. The molecule has 0 atom stereocenters. The van der Waals surface area contributed by atoms with E-state index in [1.54, 1.807) is 24.3 Å². The molecule has 0 bridgehead atoms. The first-order chi connectivity index (χ1) is 13.9. The number of anilines is 1. The summed E-state index contributed by atoms with van der Waals surface area (Å²) in [5.74, 6) is -0.141. The van der Waals surface area contributed by atoms with Crippen molar-refractivity contribution in [2.75, 3.05) is 4.72 Å². The third-order valence-corrected chi connectivity index (χ3v) is 5.68. The molecule has 0 heterocycles. The average molecular weight is 429 g/mol. The fourth-order valence-electron chi connectivity index (χ4n) is 2.50. The summed E-state index contributed by atoms with van der Waals surface area (Å²) >= 11 is 5.16. The molecule has 150 valence electrons. The lowest BCUT2D eigenvalue weighted by atomic mass is 10.2. The van der Waals surface area contributed by atoms with Crippen molar-refractivity contribution < 1.29 is 18.3 Å². The number of para-hydroxylation sites is 2. The lowest BCUT2D eigenvalue weighted by molar-refractivity contribution is 0.286. The molecule has 0 fully saturated rings. The Morgan fingerprint density at radius 2 is 1.55 bits per heavy atom. The van der Waals surface area contributed by atoms with Gasteiger partial charge in [-0.1, -0.05) is 54.6 Å². The predicted molar refractivity (Wildman–Crippen MR) is 116 cm³/mol. The number of benzene rings is 3. The quantitative estimate of drug-likeness (QED) is 0.392. The second-order valence-electron chi connectivity index (χ2n) is 6.18. The molecule has 0 aliphatic rings. The summed E-state index contributed by atoms with van der Waals surface area (Å²) in [5, 5.41) is 13.0. The van der Waals surface area contributed by atoms with Gasteiger partial charge in [-0.15, -0.1) is 0 Å². The molecule has 3 N–H and O–H groups in total. The molecule has 29 heavy (non-hydrogen) atoms. The molecule has 6 nitrogen and oxygen atoms in total. The van der Waals surface area contributed by atoms with Crippen molar-refractivity contribution in [2.24, 2.45) is 0 Å². The summed E-state index contributed by atoms with van der Waals surface area (Å²) in [4.78, 5) is 0.0780. The lowest BCUT2D eigenvalue weighted by Gasteiger charge is -2.11. The molecule has 8 heteroatoms. The molecule has 0 unspecified atom stereocenters. The van der Waals surface area contributed by atoms with Crippen molar-refractivity contribution >= 4 is 33.1 Å². The topological polar surface area (TPSA) is 87.7 Å². The summed E-state index contributed by atoms with van der Waals surface area (Å²) < 4.78 is 32.8. The Morgan fingerprint density at radius 1 is 0.897 bits per heavy atom. The fourth-order valence-corrected chi connectivity index (χ4v) is 3.70. The number of hydrogen-bond acceptors (Lipinski definition) is 5. The maximum absolute atomic E-state index is 12.5. The molecule has 0 spiro atoms. The van der Waals surface area contributed by atoms with E-state index in [4.69, 9.17) is 17.0 Å². The van der Waals surface area contributed by atoms with Gasteiger partial charge < -0.3 is 15.2 Å². The van der Waals surface area contributed by atoms with Crippen LogP contribution in [0.25, 0.3) is 0 Å². The molecular formula is C21H20N2O4S2. The van der Waals surface area contributed by atoms with Crippen molar-refractivity contribution in [1.82, 2.24) is 5.32 Å². The Labute approximate surface area is 175 Å². The van der Waals surface area contributed by atoms with E-state index < -0.39 is 10.0 Å². The minimum Gasteiger partial charge on any atom is -0.506 e. The zero-order valence-corrected chi connectivity index (χ0v) is 17.0. The van der Waals surface area contributed by atoms with Gasteiger partial charge in [-0.25, -0.2) is 8.42 Å². The highest BCUT2D eigenvalue weighted by Crippen LogP contribution is 2.25. The second-order valence-corrected chi connectivity index (χ2v) is 8.24. The van der Waals surface area contributed by atoms with Crippen molar-refractivity contribution in [3.63, 3.8) is 0 Å². The van der Waals surface area contributed by atoms with Crippen LogP contribution in [0.5, 0.6) is 5.75 Å². The van der Waals surface area contributed by atoms with E-state index >= 15 is 0 Å². The monoisotopic (exact) mass is 428 g/mol. The zero-order valence-electron chi connectivity index (χ0n) is 15.4. The molecule has 3 aromatic rings. The van der Waals surface area contributed by atoms with Gasteiger partial charge in [0.05, 0.1) is 10.6 Å². The van der Waals surface area contributed by atoms with Crippen LogP contribution in [-0.2, 0) is 27.9 Å². The van der Waals surface area contributed by atoms with E-state index in [-0.39, 0.29) is 28.1 Å². The molecule has 0 radical (unpaired) electrons. The lowest BCUT2D eigenvalue weighted by Crippen LogP contribution is -2.23. The van der Waals surface area contributed by atoms with Gasteiger partial charge in [0.15, 0.2) is 0 Å². The standard InChI is InChI=1S/C21H20N2O4S2/c24-20-9-5-4-8-19(20)23-29(25,26)18-12-10-17(11-13-18)15-27-21(28)22-14-16-6-2-1-3-7-16/h1-13,23-24H,14-15H2,(H,22,28). The Morgan fingerprint density at radius 3 is 2.24 bits per heavy atom. The number of aromatic hydroxyl groups is 1. The van der Waals surface area contributed by atoms with Crippen LogP contribution in [0.2, 0.25) is 0 Å². The van der Waals surface area contributed by atoms with Gasteiger partial charge in [0.2, 0.25) is 0 Å². The van der Waals surface area contributed by atoms with Crippen LogP contribution < -0.4 is 10.0 Å². The largest absolute Gasteiger partial charge is 0.506 e. The zero-order chi connectivity index (χ0) is 20.7. The summed E-state index contributed by atoms with van der Waals surface area (Å²) in [7, 11) is -3.81. The van der Waals surface area contributed by atoms with E-state index in [2.05, 4.69) is 10.0 Å². The maximum Gasteiger partial charge on any atom is 0.262 e. The highest BCUT2D eigenvalue weighted by atomic mass is 32.2. The molecule has 0 aliphatic carbocycles. The smallest absolute Gasteiger partial charge is 0.262 e. The van der Waals surface area contributed by atoms with Crippen LogP contribution in [0, 0.1) is 0 Å². The van der Waals surface area contributed by atoms with Crippen molar-refractivity contribution in [1.29, 1.82) is 0 Å². The maximum atomic E-state index is 12.5. The Bertz CT molecular complexity index is 1070. The number of hydrogen-bond donors (Lipinski definition) is 3. The van der Waals surface area contributed by atoms with E-state index in [0.717, 1.165) is 11.1 Å². The van der Waals surface area contributed by atoms with Crippen LogP contribution in [0.1, 0.15) is 11.1 Å². The van der Waals surface area contributed by atoms with E-state index in [1.807, 2.05) is 30.3 Å². The van der Waals surface area contributed by atoms with Gasteiger partial charge in [-0.2, -0.15) is 0 Å². The second kappa shape index (κ2) is 9.40. The molecule has 0 aliphatic heterocycles. The van der Waals surface area contributed by atoms with Gasteiger partial charge in [0, 0.05) is 6.54 Å². The highest BCUT2D eigenvalue weighted by Gasteiger charge is 2.15. The molecule has 0 aromatic heterocycles. The molecule has 0 saturated heterocycles. The molecule has 3 aromatic carbocycles. The van der Waals surface area contributed by atoms with Crippen molar-refractivity contribution in [3.05, 3.63) is 90.0 Å². The number of nitrogens with one attached hydrogen (secondary N) is 2. The molecular weight excluding hydrogens is 408 g/mol. The summed E-state index contributed by atoms with van der Waals surface area (Å²) in [6.45, 7) is 0.780. The van der Waals surface area contributed by atoms with Crippen LogP contribution >= 0.6 is 12.2 Å². The van der Waals surface area contributed by atoms with E-state index in [0.29, 0.717) is 6.54 Å². The normalized spacial score (nSPS) is 10.9. The van der Waals surface area contributed by atoms with Crippen LogP contribution in [0.3, 0.4) is 0 Å². The third-order valence-electron chi connectivity index (χ3n) is 4.03. The fraction of sp³-hybridized carbons (Fsp3) is 0.0952. The first-order valence-electron chi connectivity index (χ1n) is 8.78. The van der Waals surface area contributed by atoms with Gasteiger partial charge in [0.1, 0.15) is 12.4 Å². The Kier molecular flexibility index (Phi) is 6.69. The van der Waals surface area contributed by atoms with Crippen LogP contribution in [0.4, 0.5) is 5.69 Å². The Hall–Kier alpha value is -3.10. The summed E-state index contributed by atoms with van der Waals surface area (Å²) in [6.07, 6.45) is 0. The minimum atomic E-state index is -3.81. The first-order valence-corrected chi connectivity index (χ1v) is 10.7. The first kappa shape index (κ1) is 20.6. The van der Waals surface area contributed by atoms with Crippen molar-refractivity contribution in [3.8, 4) is 5.75 Å². The molecule has 0 amide bonds. The summed E-state index contributed by atoms with van der Waals surface area (Å²) in [5.41, 5.74) is 1.98. The van der Waals surface area contributed by atoms with Gasteiger partial charge >= 0.3 is 0 Å². The number of sulfonamides is 1. The van der Waals surface area contributed by atoms with E-state index in [9.17, 15) is 13.5 Å². The van der Waals surface area contributed by atoms with E-state index in [1.165, 1.54) is 24.3 Å². The van der Waals surface area contributed by atoms with Gasteiger partial charge in [-0.05, 0) is 47.6 Å². The number of rotatable bonds is 7. The van der Waals surface area contributed by atoms with Crippen LogP contribution in [-0.4, -0.2) is 18.7 Å². The molecule has 3 rings (SSSR count). The van der Waals surface area contributed by atoms with Crippen molar-refractivity contribution in [2.45, 2.75) is 18.0 Å². The highest BCUT2D eigenvalue weighted by molar-refractivity contribution is 7.92.